The lowest BCUT2D eigenvalue weighted by atomic mass is 10.1. The van der Waals surface area contributed by atoms with Crippen molar-refractivity contribution in [1.82, 2.24) is 10.2 Å². The van der Waals surface area contributed by atoms with Crippen LogP contribution in [0, 0.1) is 10.1 Å². The zero-order chi connectivity index (χ0) is 20.3. The first-order chi connectivity index (χ1) is 13.4. The normalized spacial score (nSPS) is 15.9. The van der Waals surface area contributed by atoms with Crippen molar-refractivity contribution < 1.29 is 9.72 Å². The standard InChI is InChI=1S/C20H23BrN4O3/c1-14(16-5-3-4-6-17(16)21)22-20(26)15-7-8-18(19(13-15)25(27)28)24-11-9-23(2)10-12-24/h3-8,13-14H,9-12H2,1-2H3,(H,22,26)/t14-/m1/s1. The van der Waals surface area contributed by atoms with Gasteiger partial charge >= 0.3 is 0 Å². The molecule has 1 fully saturated rings. The molecule has 1 saturated heterocycles. The highest BCUT2D eigenvalue weighted by atomic mass is 79.9. The number of nitrogens with one attached hydrogen (secondary N) is 1. The van der Waals surface area contributed by atoms with E-state index in [2.05, 4.69) is 26.1 Å². The second-order valence-electron chi connectivity index (χ2n) is 6.97. The van der Waals surface area contributed by atoms with Gasteiger partial charge in [0, 0.05) is 42.3 Å². The first-order valence-corrected chi connectivity index (χ1v) is 9.93. The van der Waals surface area contributed by atoms with Crippen molar-refractivity contribution in [3.8, 4) is 0 Å². The highest BCUT2D eigenvalue weighted by Gasteiger charge is 2.24. The number of likely N-dealkylation sites (N-methyl/N-ethyl adjacent to an activating group) is 1. The molecular weight excluding hydrogens is 424 g/mol. The molecule has 1 heterocycles. The zero-order valence-corrected chi connectivity index (χ0v) is 17.5. The number of nitro groups is 1. The van der Waals surface area contributed by atoms with E-state index in [1.807, 2.05) is 43.1 Å². The van der Waals surface area contributed by atoms with Gasteiger partial charge in [0.1, 0.15) is 5.69 Å². The van der Waals surface area contributed by atoms with E-state index in [4.69, 9.17) is 0 Å². The maximum atomic E-state index is 12.7. The van der Waals surface area contributed by atoms with E-state index in [0.29, 0.717) is 5.69 Å². The minimum absolute atomic E-state index is 0.0363. The molecular formula is C20H23BrN4O3. The number of hydrogen-bond donors (Lipinski definition) is 1. The summed E-state index contributed by atoms with van der Waals surface area (Å²) in [7, 11) is 2.03. The van der Waals surface area contributed by atoms with Crippen molar-refractivity contribution in [1.29, 1.82) is 0 Å². The molecule has 2 aromatic carbocycles. The molecule has 0 spiro atoms. The highest BCUT2D eigenvalue weighted by molar-refractivity contribution is 9.10. The van der Waals surface area contributed by atoms with Gasteiger partial charge in [-0.25, -0.2) is 0 Å². The van der Waals surface area contributed by atoms with Crippen LogP contribution in [0.2, 0.25) is 0 Å². The number of rotatable bonds is 5. The van der Waals surface area contributed by atoms with E-state index < -0.39 is 4.92 Å². The molecule has 1 amide bonds. The molecule has 1 atom stereocenters. The average molecular weight is 447 g/mol. The average Bonchev–Trinajstić information content (AvgIpc) is 2.68. The molecule has 0 saturated carbocycles. The highest BCUT2D eigenvalue weighted by Crippen LogP contribution is 2.30. The van der Waals surface area contributed by atoms with Gasteiger partial charge in [-0.1, -0.05) is 34.1 Å². The zero-order valence-electron chi connectivity index (χ0n) is 15.9. The third-order valence-electron chi connectivity index (χ3n) is 5.00. The fourth-order valence-corrected chi connectivity index (χ4v) is 3.94. The second kappa shape index (κ2) is 8.70. The van der Waals surface area contributed by atoms with Crippen LogP contribution in [0.15, 0.2) is 46.9 Å². The Bertz CT molecular complexity index is 882. The van der Waals surface area contributed by atoms with Crippen molar-refractivity contribution in [2.75, 3.05) is 38.1 Å². The molecule has 1 aliphatic rings. The molecule has 1 aliphatic heterocycles. The monoisotopic (exact) mass is 446 g/mol. The van der Waals surface area contributed by atoms with Crippen molar-refractivity contribution in [2.24, 2.45) is 0 Å². The first kappa shape index (κ1) is 20.3. The summed E-state index contributed by atoms with van der Waals surface area (Å²) in [6.45, 7) is 5.03. The topological polar surface area (TPSA) is 78.7 Å². The molecule has 1 N–H and O–H groups in total. The van der Waals surface area contributed by atoms with Crippen LogP contribution < -0.4 is 10.2 Å². The summed E-state index contributed by atoms with van der Waals surface area (Å²) in [5, 5.41) is 14.5. The summed E-state index contributed by atoms with van der Waals surface area (Å²) in [6.07, 6.45) is 0. The third-order valence-corrected chi connectivity index (χ3v) is 5.72. The lowest BCUT2D eigenvalue weighted by Crippen LogP contribution is -2.44. The molecule has 0 unspecified atom stereocenters. The summed E-state index contributed by atoms with van der Waals surface area (Å²) in [5.41, 5.74) is 1.75. The number of benzene rings is 2. The van der Waals surface area contributed by atoms with Gasteiger partial charge in [-0.3, -0.25) is 14.9 Å². The Balaban J connectivity index is 1.80. The summed E-state index contributed by atoms with van der Waals surface area (Å²) in [5.74, 6) is -0.337. The van der Waals surface area contributed by atoms with E-state index in [1.54, 1.807) is 12.1 Å². The van der Waals surface area contributed by atoms with Crippen molar-refractivity contribution in [2.45, 2.75) is 13.0 Å². The second-order valence-corrected chi connectivity index (χ2v) is 7.82. The fourth-order valence-electron chi connectivity index (χ4n) is 3.31. The maximum absolute atomic E-state index is 12.7. The minimum Gasteiger partial charge on any atom is -0.363 e. The number of amides is 1. The Labute approximate surface area is 172 Å². The Morgan fingerprint density at radius 3 is 2.50 bits per heavy atom. The quantitative estimate of drug-likeness (QED) is 0.560. The molecule has 7 nitrogen and oxygen atoms in total. The van der Waals surface area contributed by atoms with Gasteiger partial charge < -0.3 is 15.1 Å². The maximum Gasteiger partial charge on any atom is 0.293 e. The Hall–Kier alpha value is -2.45. The first-order valence-electron chi connectivity index (χ1n) is 9.14. The van der Waals surface area contributed by atoms with Gasteiger partial charge in [0.05, 0.1) is 11.0 Å². The Morgan fingerprint density at radius 1 is 1.18 bits per heavy atom. The number of carbonyl (C=O) groups excluding carboxylic acids is 1. The van der Waals surface area contributed by atoms with Crippen molar-refractivity contribution in [3.05, 3.63) is 68.2 Å². The van der Waals surface area contributed by atoms with Crippen LogP contribution in [0.5, 0.6) is 0 Å². The lowest BCUT2D eigenvalue weighted by molar-refractivity contribution is -0.384. The van der Waals surface area contributed by atoms with Gasteiger partial charge in [-0.15, -0.1) is 0 Å². The molecule has 148 valence electrons. The molecule has 0 aromatic heterocycles. The summed E-state index contributed by atoms with van der Waals surface area (Å²) < 4.78 is 0.902. The largest absolute Gasteiger partial charge is 0.363 e. The van der Waals surface area contributed by atoms with Gasteiger partial charge in [0.25, 0.3) is 11.6 Å². The van der Waals surface area contributed by atoms with E-state index in [9.17, 15) is 14.9 Å². The number of halogens is 1. The fraction of sp³-hybridized carbons (Fsp3) is 0.350. The van der Waals surface area contributed by atoms with Gasteiger partial charge in [-0.05, 0) is 37.7 Å². The molecule has 0 aliphatic carbocycles. The van der Waals surface area contributed by atoms with E-state index >= 15 is 0 Å². The molecule has 3 rings (SSSR count). The molecule has 28 heavy (non-hydrogen) atoms. The van der Waals surface area contributed by atoms with Gasteiger partial charge in [0.15, 0.2) is 0 Å². The number of nitro benzene ring substituents is 1. The predicted octanol–water partition coefficient (Wildman–Crippen LogP) is 3.60. The van der Waals surface area contributed by atoms with Gasteiger partial charge in [0.2, 0.25) is 0 Å². The van der Waals surface area contributed by atoms with Crippen LogP contribution in [0.1, 0.15) is 28.9 Å². The predicted molar refractivity (Wildman–Crippen MR) is 113 cm³/mol. The van der Waals surface area contributed by atoms with Crippen LogP contribution in [0.4, 0.5) is 11.4 Å². The van der Waals surface area contributed by atoms with Gasteiger partial charge in [-0.2, -0.15) is 0 Å². The van der Waals surface area contributed by atoms with E-state index in [1.165, 1.54) is 6.07 Å². The van der Waals surface area contributed by atoms with Crippen molar-refractivity contribution in [3.63, 3.8) is 0 Å². The van der Waals surface area contributed by atoms with E-state index in [-0.39, 0.29) is 23.2 Å². The third kappa shape index (κ3) is 4.51. The molecule has 0 radical (unpaired) electrons. The van der Waals surface area contributed by atoms with Crippen molar-refractivity contribution >= 4 is 33.2 Å². The Kier molecular flexibility index (Phi) is 6.31. The number of piperazine rings is 1. The van der Waals surface area contributed by atoms with Crippen LogP contribution in [-0.2, 0) is 0 Å². The Morgan fingerprint density at radius 2 is 1.86 bits per heavy atom. The smallest absolute Gasteiger partial charge is 0.293 e. The molecule has 8 heteroatoms. The lowest BCUT2D eigenvalue weighted by Gasteiger charge is -2.33. The van der Waals surface area contributed by atoms with Crippen LogP contribution in [-0.4, -0.2) is 49.0 Å². The number of carbonyl (C=O) groups is 1. The summed E-state index contributed by atoms with van der Waals surface area (Å²) in [6, 6.07) is 12.1. The molecule has 0 bridgehead atoms. The number of nitrogens with zero attached hydrogens (tertiary/aromatic N) is 3. The molecule has 2 aromatic rings. The van der Waals surface area contributed by atoms with Crippen LogP contribution in [0.3, 0.4) is 0 Å². The summed E-state index contributed by atoms with van der Waals surface area (Å²) in [4.78, 5) is 28.1. The SMILES string of the molecule is C[C@@H](NC(=O)c1ccc(N2CCN(C)CC2)c([N+](=O)[O-])c1)c1ccccc1Br. The van der Waals surface area contributed by atoms with E-state index in [0.717, 1.165) is 36.2 Å². The minimum atomic E-state index is -0.415. The van der Waals surface area contributed by atoms with Crippen LogP contribution >= 0.6 is 15.9 Å². The number of hydrogen-bond acceptors (Lipinski definition) is 5. The van der Waals surface area contributed by atoms with Crippen LogP contribution in [0.25, 0.3) is 0 Å². The number of anilines is 1. The summed E-state index contributed by atoms with van der Waals surface area (Å²) >= 11 is 3.48.